The first-order valence-electron chi connectivity index (χ1n) is 11.3. The maximum absolute atomic E-state index is 12.5. The number of hydrazine groups is 1. The van der Waals surface area contributed by atoms with Gasteiger partial charge in [0.25, 0.3) is 5.91 Å². The molecule has 0 radical (unpaired) electrons. The van der Waals surface area contributed by atoms with Crippen molar-refractivity contribution < 1.29 is 19.1 Å². The Morgan fingerprint density at radius 3 is 2.15 bits per heavy atom. The lowest BCUT2D eigenvalue weighted by Gasteiger charge is -2.28. The number of hydrogen-bond donors (Lipinski definition) is 2. The van der Waals surface area contributed by atoms with Gasteiger partial charge in [0.15, 0.2) is 6.61 Å². The first-order valence-corrected chi connectivity index (χ1v) is 11.3. The van der Waals surface area contributed by atoms with Crippen LogP contribution in [0.15, 0.2) is 78.9 Å². The Balaban J connectivity index is 1.14. The van der Waals surface area contributed by atoms with Crippen LogP contribution < -0.4 is 15.6 Å². The van der Waals surface area contributed by atoms with E-state index in [1.807, 2.05) is 60.7 Å². The van der Waals surface area contributed by atoms with Gasteiger partial charge in [-0.3, -0.25) is 25.2 Å². The number of benzene rings is 3. The molecule has 0 bridgehead atoms. The summed E-state index contributed by atoms with van der Waals surface area (Å²) in [6.07, 6.45) is 0.909. The summed E-state index contributed by atoms with van der Waals surface area (Å²) in [7, 11) is 0. The van der Waals surface area contributed by atoms with Crippen LogP contribution in [0.1, 0.15) is 24.0 Å². The van der Waals surface area contributed by atoms with Crippen molar-refractivity contribution in [2.24, 2.45) is 0 Å². The third kappa shape index (κ3) is 6.22. The Labute approximate surface area is 198 Å². The van der Waals surface area contributed by atoms with Crippen LogP contribution in [0.3, 0.4) is 0 Å². The molecule has 174 valence electrons. The molecular formula is C27H27N3O4. The summed E-state index contributed by atoms with van der Waals surface area (Å²) in [4.78, 5) is 38.3. The lowest BCUT2D eigenvalue weighted by Crippen LogP contribution is -2.44. The van der Waals surface area contributed by atoms with E-state index in [0.717, 1.165) is 23.1 Å². The molecule has 1 aliphatic heterocycles. The molecule has 0 saturated heterocycles. The van der Waals surface area contributed by atoms with Crippen molar-refractivity contribution in [2.75, 3.05) is 13.2 Å². The Kier molecular flexibility index (Phi) is 7.55. The van der Waals surface area contributed by atoms with Crippen molar-refractivity contribution in [1.82, 2.24) is 15.8 Å². The van der Waals surface area contributed by atoms with Crippen molar-refractivity contribution in [3.8, 4) is 16.9 Å². The number of rotatable bonds is 7. The molecule has 0 saturated carbocycles. The van der Waals surface area contributed by atoms with E-state index in [0.29, 0.717) is 18.8 Å². The van der Waals surface area contributed by atoms with Gasteiger partial charge < -0.3 is 9.64 Å². The first kappa shape index (κ1) is 23.0. The van der Waals surface area contributed by atoms with Gasteiger partial charge in [-0.2, -0.15) is 0 Å². The van der Waals surface area contributed by atoms with Crippen LogP contribution in [0, 0.1) is 0 Å². The van der Waals surface area contributed by atoms with Crippen LogP contribution in [-0.4, -0.2) is 35.8 Å². The second-order valence-electron chi connectivity index (χ2n) is 8.11. The van der Waals surface area contributed by atoms with Gasteiger partial charge in [0.2, 0.25) is 11.8 Å². The van der Waals surface area contributed by atoms with E-state index in [9.17, 15) is 14.4 Å². The largest absolute Gasteiger partial charge is 0.484 e. The highest BCUT2D eigenvalue weighted by Crippen LogP contribution is 2.22. The predicted octanol–water partition coefficient (Wildman–Crippen LogP) is 3.24. The van der Waals surface area contributed by atoms with Crippen LogP contribution >= 0.6 is 0 Å². The second kappa shape index (κ2) is 11.1. The smallest absolute Gasteiger partial charge is 0.276 e. The molecule has 0 atom stereocenters. The van der Waals surface area contributed by atoms with E-state index in [4.69, 9.17) is 4.74 Å². The highest BCUT2D eigenvalue weighted by atomic mass is 16.5. The standard InChI is InChI=1S/C27H27N3O4/c31-25(14-15-27(33)30-17-16-21-8-4-5-9-23(21)18-30)28-29-26(32)19-34-24-12-10-22(11-13-24)20-6-2-1-3-7-20/h1-13H,14-19H2,(H,28,31)(H,29,32). The molecule has 34 heavy (non-hydrogen) atoms. The Morgan fingerprint density at radius 2 is 1.38 bits per heavy atom. The van der Waals surface area contributed by atoms with E-state index in [1.165, 1.54) is 5.56 Å². The fraction of sp³-hybridized carbons (Fsp3) is 0.222. The highest BCUT2D eigenvalue weighted by molar-refractivity contribution is 5.86. The number of carbonyl (C=O) groups excluding carboxylic acids is 3. The van der Waals surface area contributed by atoms with Gasteiger partial charge >= 0.3 is 0 Å². The molecule has 3 amide bonds. The van der Waals surface area contributed by atoms with Gasteiger partial charge in [0.1, 0.15) is 5.75 Å². The number of amides is 3. The summed E-state index contributed by atoms with van der Waals surface area (Å²) in [6, 6.07) is 25.4. The molecule has 2 N–H and O–H groups in total. The molecule has 0 unspecified atom stereocenters. The van der Waals surface area contributed by atoms with Crippen LogP contribution in [-0.2, 0) is 27.3 Å². The maximum Gasteiger partial charge on any atom is 0.276 e. The van der Waals surface area contributed by atoms with E-state index < -0.39 is 11.8 Å². The van der Waals surface area contributed by atoms with Gasteiger partial charge in [0.05, 0.1) is 0 Å². The molecule has 3 aromatic rings. The van der Waals surface area contributed by atoms with E-state index >= 15 is 0 Å². The zero-order valence-electron chi connectivity index (χ0n) is 18.8. The number of fused-ring (bicyclic) bond motifs is 1. The van der Waals surface area contributed by atoms with E-state index in [2.05, 4.69) is 16.9 Å². The molecule has 0 spiro atoms. The van der Waals surface area contributed by atoms with Gasteiger partial charge in [-0.1, -0.05) is 66.7 Å². The molecule has 3 aromatic carbocycles. The van der Waals surface area contributed by atoms with Crippen LogP contribution in [0.5, 0.6) is 5.75 Å². The average Bonchev–Trinajstić information content (AvgIpc) is 2.89. The zero-order chi connectivity index (χ0) is 23.8. The van der Waals surface area contributed by atoms with E-state index in [1.54, 1.807) is 17.0 Å². The molecule has 0 aliphatic carbocycles. The number of hydrogen-bond acceptors (Lipinski definition) is 4. The van der Waals surface area contributed by atoms with Crippen LogP contribution in [0.25, 0.3) is 11.1 Å². The van der Waals surface area contributed by atoms with Gasteiger partial charge in [-0.25, -0.2) is 0 Å². The molecule has 7 nitrogen and oxygen atoms in total. The van der Waals surface area contributed by atoms with Crippen LogP contribution in [0.4, 0.5) is 0 Å². The fourth-order valence-corrected chi connectivity index (χ4v) is 3.85. The van der Waals surface area contributed by atoms with Gasteiger partial charge in [-0.05, 0) is 40.8 Å². The lowest BCUT2D eigenvalue weighted by atomic mass is 9.99. The number of carbonyl (C=O) groups is 3. The van der Waals surface area contributed by atoms with Gasteiger partial charge in [0, 0.05) is 25.9 Å². The Hall–Kier alpha value is -4.13. The first-order chi connectivity index (χ1) is 16.6. The normalized spacial score (nSPS) is 12.4. The monoisotopic (exact) mass is 457 g/mol. The quantitative estimate of drug-likeness (QED) is 0.533. The second-order valence-corrected chi connectivity index (χ2v) is 8.11. The molecule has 0 aromatic heterocycles. The summed E-state index contributed by atoms with van der Waals surface area (Å²) in [5.41, 5.74) is 9.21. The van der Waals surface area contributed by atoms with Crippen LogP contribution in [0.2, 0.25) is 0 Å². The third-order valence-electron chi connectivity index (χ3n) is 5.72. The fourth-order valence-electron chi connectivity index (χ4n) is 3.85. The van der Waals surface area contributed by atoms with Crippen molar-refractivity contribution in [1.29, 1.82) is 0 Å². The number of nitrogens with one attached hydrogen (secondary N) is 2. The Morgan fingerprint density at radius 1 is 0.735 bits per heavy atom. The van der Waals surface area contributed by atoms with Crippen molar-refractivity contribution >= 4 is 17.7 Å². The lowest BCUT2D eigenvalue weighted by molar-refractivity contribution is -0.135. The van der Waals surface area contributed by atoms with Crippen molar-refractivity contribution in [2.45, 2.75) is 25.8 Å². The summed E-state index contributed by atoms with van der Waals surface area (Å²) in [5.74, 6) is -0.432. The molecule has 7 heteroatoms. The number of ether oxygens (including phenoxy) is 1. The predicted molar refractivity (Wildman–Crippen MR) is 128 cm³/mol. The molecule has 0 fully saturated rings. The molecule has 1 aliphatic rings. The summed E-state index contributed by atoms with van der Waals surface area (Å²) >= 11 is 0. The SMILES string of the molecule is O=C(CCC(=O)N1CCc2ccccc2C1)NNC(=O)COc1ccc(-c2ccccc2)cc1. The zero-order valence-corrected chi connectivity index (χ0v) is 18.8. The highest BCUT2D eigenvalue weighted by Gasteiger charge is 2.20. The van der Waals surface area contributed by atoms with E-state index in [-0.39, 0.29) is 25.4 Å². The van der Waals surface area contributed by atoms with Crippen molar-refractivity contribution in [3.05, 3.63) is 90.0 Å². The molecule has 4 rings (SSSR count). The van der Waals surface area contributed by atoms with Crippen molar-refractivity contribution in [3.63, 3.8) is 0 Å². The maximum atomic E-state index is 12.5. The number of nitrogens with zero attached hydrogens (tertiary/aromatic N) is 1. The summed E-state index contributed by atoms with van der Waals surface area (Å²) in [6.45, 7) is 0.978. The topological polar surface area (TPSA) is 87.7 Å². The Bertz CT molecular complexity index is 1150. The molecule has 1 heterocycles. The average molecular weight is 458 g/mol. The minimum Gasteiger partial charge on any atom is -0.484 e. The minimum atomic E-state index is -0.487. The van der Waals surface area contributed by atoms with Gasteiger partial charge in [-0.15, -0.1) is 0 Å². The molecular weight excluding hydrogens is 430 g/mol. The summed E-state index contributed by atoms with van der Waals surface area (Å²) in [5, 5.41) is 0. The third-order valence-corrected chi connectivity index (χ3v) is 5.72. The summed E-state index contributed by atoms with van der Waals surface area (Å²) < 4.78 is 5.47. The minimum absolute atomic E-state index is 0.000927.